The van der Waals surface area contributed by atoms with E-state index in [1.807, 2.05) is 42.2 Å². The zero-order valence-electron chi connectivity index (χ0n) is 12.9. The Morgan fingerprint density at radius 3 is 2.64 bits per heavy atom. The largest absolute Gasteiger partial charge is 0.340 e. The topological polar surface area (TPSA) is 59.2 Å². The van der Waals surface area contributed by atoms with Crippen molar-refractivity contribution in [1.82, 2.24) is 15.0 Å². The molecule has 3 rings (SSSR count). The van der Waals surface area contributed by atoms with Crippen LogP contribution in [-0.2, 0) is 6.42 Å². The van der Waals surface area contributed by atoms with Crippen molar-refractivity contribution in [1.29, 1.82) is 0 Å². The number of likely N-dealkylation sites (tertiary alicyclic amines) is 1. The molecule has 1 aliphatic heterocycles. The number of amides is 1. The first-order valence-electron chi connectivity index (χ1n) is 7.86. The summed E-state index contributed by atoms with van der Waals surface area (Å²) in [6, 6.07) is 9.52. The summed E-state index contributed by atoms with van der Waals surface area (Å²) in [5.74, 6) is 2.20. The Hall–Kier alpha value is -2.17. The van der Waals surface area contributed by atoms with E-state index in [-0.39, 0.29) is 5.91 Å². The van der Waals surface area contributed by atoms with Crippen molar-refractivity contribution in [3.63, 3.8) is 0 Å². The Bertz CT molecular complexity index is 616. The molecular weight excluding hydrogens is 278 g/mol. The summed E-state index contributed by atoms with van der Waals surface area (Å²) >= 11 is 0. The fourth-order valence-corrected chi connectivity index (χ4v) is 2.96. The van der Waals surface area contributed by atoms with Gasteiger partial charge in [0.1, 0.15) is 0 Å². The van der Waals surface area contributed by atoms with Gasteiger partial charge in [-0.3, -0.25) is 4.79 Å². The minimum absolute atomic E-state index is 0.146. The minimum atomic E-state index is 0.146. The number of piperidine rings is 1. The summed E-state index contributed by atoms with van der Waals surface area (Å²) in [6.45, 7) is 3.48. The van der Waals surface area contributed by atoms with Crippen LogP contribution < -0.4 is 0 Å². The first-order chi connectivity index (χ1) is 10.7. The highest BCUT2D eigenvalue weighted by Crippen LogP contribution is 2.23. The molecule has 0 aliphatic carbocycles. The van der Waals surface area contributed by atoms with Crippen LogP contribution in [-0.4, -0.2) is 34.0 Å². The first kappa shape index (κ1) is 14.8. The summed E-state index contributed by atoms with van der Waals surface area (Å²) in [7, 11) is 0. The lowest BCUT2D eigenvalue weighted by Crippen LogP contribution is -2.38. The third-order valence-corrected chi connectivity index (χ3v) is 4.27. The summed E-state index contributed by atoms with van der Waals surface area (Å²) in [6.07, 6.45) is 4.02. The molecule has 5 heteroatoms. The summed E-state index contributed by atoms with van der Waals surface area (Å²) in [4.78, 5) is 18.6. The molecule has 2 heterocycles. The van der Waals surface area contributed by atoms with Crippen LogP contribution in [0.2, 0.25) is 0 Å². The van der Waals surface area contributed by atoms with E-state index in [4.69, 9.17) is 4.52 Å². The summed E-state index contributed by atoms with van der Waals surface area (Å²) in [5.41, 5.74) is 0.781. The van der Waals surface area contributed by atoms with E-state index >= 15 is 0 Å². The monoisotopic (exact) mass is 299 g/mol. The van der Waals surface area contributed by atoms with Crippen LogP contribution >= 0.6 is 0 Å². The normalized spacial score (nSPS) is 16.0. The first-order valence-corrected chi connectivity index (χ1v) is 7.86. The third kappa shape index (κ3) is 3.53. The van der Waals surface area contributed by atoms with E-state index in [1.165, 1.54) is 0 Å². The SMILES string of the molecule is Cc1nc(CCC2CCN(C(=O)c3ccccc3)CC2)no1. The highest BCUT2D eigenvalue weighted by molar-refractivity contribution is 5.94. The van der Waals surface area contributed by atoms with Crippen LogP contribution in [0.1, 0.15) is 41.3 Å². The maximum Gasteiger partial charge on any atom is 0.253 e. The number of nitrogens with zero attached hydrogens (tertiary/aromatic N) is 3. The molecule has 1 aromatic heterocycles. The molecule has 1 saturated heterocycles. The second-order valence-corrected chi connectivity index (χ2v) is 5.87. The van der Waals surface area contributed by atoms with Crippen molar-refractivity contribution in [2.75, 3.05) is 13.1 Å². The Kier molecular flexibility index (Phi) is 4.51. The van der Waals surface area contributed by atoms with Gasteiger partial charge in [-0.1, -0.05) is 23.4 Å². The lowest BCUT2D eigenvalue weighted by atomic mass is 9.92. The van der Waals surface area contributed by atoms with Gasteiger partial charge < -0.3 is 9.42 Å². The zero-order chi connectivity index (χ0) is 15.4. The van der Waals surface area contributed by atoms with E-state index < -0.39 is 0 Å². The van der Waals surface area contributed by atoms with Crippen LogP contribution in [0.4, 0.5) is 0 Å². The fourth-order valence-electron chi connectivity index (χ4n) is 2.96. The number of carbonyl (C=O) groups is 1. The average Bonchev–Trinajstić information content (AvgIpc) is 2.99. The maximum absolute atomic E-state index is 12.4. The highest BCUT2D eigenvalue weighted by atomic mass is 16.5. The highest BCUT2D eigenvalue weighted by Gasteiger charge is 2.23. The fraction of sp³-hybridized carbons (Fsp3) is 0.471. The molecule has 1 aliphatic rings. The van der Waals surface area contributed by atoms with Gasteiger partial charge in [0, 0.05) is 32.0 Å². The Morgan fingerprint density at radius 2 is 2.00 bits per heavy atom. The van der Waals surface area contributed by atoms with Gasteiger partial charge in [0.05, 0.1) is 0 Å². The third-order valence-electron chi connectivity index (χ3n) is 4.27. The predicted octanol–water partition coefficient (Wildman–Crippen LogP) is 2.86. The van der Waals surface area contributed by atoms with E-state index in [0.29, 0.717) is 11.8 Å². The lowest BCUT2D eigenvalue weighted by Gasteiger charge is -2.32. The molecule has 1 aromatic carbocycles. The number of hydrogen-bond acceptors (Lipinski definition) is 4. The van der Waals surface area contributed by atoms with Crippen molar-refractivity contribution in [2.24, 2.45) is 5.92 Å². The van der Waals surface area contributed by atoms with Crippen LogP contribution in [0.5, 0.6) is 0 Å². The van der Waals surface area contributed by atoms with Gasteiger partial charge in [0.25, 0.3) is 5.91 Å². The molecule has 0 radical (unpaired) electrons. The maximum atomic E-state index is 12.4. The van der Waals surface area contributed by atoms with E-state index in [2.05, 4.69) is 10.1 Å². The number of aromatic nitrogens is 2. The number of carbonyl (C=O) groups excluding carboxylic acids is 1. The van der Waals surface area contributed by atoms with Crippen LogP contribution in [0.3, 0.4) is 0 Å². The second kappa shape index (κ2) is 6.73. The molecule has 0 saturated carbocycles. The van der Waals surface area contributed by atoms with Gasteiger partial charge in [-0.25, -0.2) is 0 Å². The van der Waals surface area contributed by atoms with Gasteiger partial charge in [0.15, 0.2) is 5.82 Å². The van der Waals surface area contributed by atoms with E-state index in [0.717, 1.165) is 50.2 Å². The van der Waals surface area contributed by atoms with Crippen molar-refractivity contribution >= 4 is 5.91 Å². The van der Waals surface area contributed by atoms with Gasteiger partial charge in [-0.2, -0.15) is 4.98 Å². The lowest BCUT2D eigenvalue weighted by molar-refractivity contribution is 0.0686. The number of benzene rings is 1. The minimum Gasteiger partial charge on any atom is -0.340 e. The molecular formula is C17H21N3O2. The standard InChI is InChI=1S/C17H21N3O2/c1-13-18-16(19-22-13)8-7-14-9-11-20(12-10-14)17(21)15-5-3-2-4-6-15/h2-6,14H,7-12H2,1H3. The molecule has 0 unspecified atom stereocenters. The van der Waals surface area contributed by atoms with Gasteiger partial charge in [-0.15, -0.1) is 0 Å². The quantitative estimate of drug-likeness (QED) is 0.871. The van der Waals surface area contributed by atoms with Gasteiger partial charge in [0.2, 0.25) is 5.89 Å². The molecule has 1 amide bonds. The average molecular weight is 299 g/mol. The van der Waals surface area contributed by atoms with Gasteiger partial charge >= 0.3 is 0 Å². The molecule has 5 nitrogen and oxygen atoms in total. The number of hydrogen-bond donors (Lipinski definition) is 0. The Balaban J connectivity index is 1.47. The number of rotatable bonds is 4. The predicted molar refractivity (Wildman–Crippen MR) is 82.4 cm³/mol. The zero-order valence-corrected chi connectivity index (χ0v) is 12.9. The van der Waals surface area contributed by atoms with Crippen molar-refractivity contribution in [3.05, 3.63) is 47.6 Å². The van der Waals surface area contributed by atoms with E-state index in [1.54, 1.807) is 0 Å². The molecule has 2 aromatic rings. The smallest absolute Gasteiger partial charge is 0.253 e. The van der Waals surface area contributed by atoms with Crippen molar-refractivity contribution < 1.29 is 9.32 Å². The molecule has 0 N–H and O–H groups in total. The second-order valence-electron chi connectivity index (χ2n) is 5.87. The molecule has 0 bridgehead atoms. The molecule has 116 valence electrons. The van der Waals surface area contributed by atoms with Crippen LogP contribution in [0, 0.1) is 12.8 Å². The molecule has 22 heavy (non-hydrogen) atoms. The van der Waals surface area contributed by atoms with Crippen LogP contribution in [0.15, 0.2) is 34.9 Å². The van der Waals surface area contributed by atoms with Crippen molar-refractivity contribution in [2.45, 2.75) is 32.6 Å². The molecule has 1 fully saturated rings. The summed E-state index contributed by atoms with van der Waals surface area (Å²) in [5, 5.41) is 3.93. The number of aryl methyl sites for hydroxylation is 2. The Labute approximate surface area is 130 Å². The van der Waals surface area contributed by atoms with Gasteiger partial charge in [-0.05, 0) is 37.3 Å². The van der Waals surface area contributed by atoms with Crippen molar-refractivity contribution in [3.8, 4) is 0 Å². The Morgan fingerprint density at radius 1 is 1.27 bits per heavy atom. The summed E-state index contributed by atoms with van der Waals surface area (Å²) < 4.78 is 4.99. The molecule has 0 spiro atoms. The van der Waals surface area contributed by atoms with Crippen LogP contribution in [0.25, 0.3) is 0 Å². The van der Waals surface area contributed by atoms with E-state index in [9.17, 15) is 4.79 Å². The molecule has 0 atom stereocenters.